The molecule has 0 aliphatic heterocycles. The number of aryl methyl sites for hydroxylation is 2. The average Bonchev–Trinajstić information content (AvgIpc) is 2.86. The maximum absolute atomic E-state index is 13.5. The Kier molecular flexibility index (Phi) is 4.88. The van der Waals surface area contributed by atoms with Gasteiger partial charge in [0.1, 0.15) is 5.82 Å². The minimum atomic E-state index is -0.436. The number of nitrogens with zero attached hydrogens (tertiary/aromatic N) is 1. The van der Waals surface area contributed by atoms with Gasteiger partial charge >= 0.3 is 0 Å². The monoisotopic (exact) mass is 374 g/mol. The van der Waals surface area contributed by atoms with E-state index in [4.69, 9.17) is 17.3 Å². The Morgan fingerprint density at radius 1 is 1.24 bits per heavy atom. The van der Waals surface area contributed by atoms with Crippen LogP contribution in [0, 0.1) is 19.7 Å². The number of halogens is 2. The normalized spacial score (nSPS) is 10.9. The van der Waals surface area contributed by atoms with E-state index in [-0.39, 0.29) is 5.82 Å². The molecule has 3 aromatic rings. The molecular weight excluding hydrogens is 359 g/mol. The number of carbonyl (C=O) groups is 1. The molecule has 0 spiro atoms. The van der Waals surface area contributed by atoms with Crippen LogP contribution in [-0.2, 0) is 6.42 Å². The number of benzene rings is 2. The Hall–Kier alpha value is -2.24. The lowest BCUT2D eigenvalue weighted by atomic mass is 10.0. The van der Waals surface area contributed by atoms with Crippen LogP contribution in [-0.4, -0.2) is 10.9 Å². The molecule has 128 valence electrons. The fourth-order valence-corrected chi connectivity index (χ4v) is 4.10. The molecule has 0 saturated carbocycles. The van der Waals surface area contributed by atoms with E-state index in [0.29, 0.717) is 17.0 Å². The van der Waals surface area contributed by atoms with Crippen molar-refractivity contribution >= 4 is 28.8 Å². The minimum Gasteiger partial charge on any atom is -0.366 e. The number of hydrogen-bond acceptors (Lipinski definition) is 3. The maximum atomic E-state index is 13.5. The molecular formula is C19H16ClFN2OS. The summed E-state index contributed by atoms with van der Waals surface area (Å²) in [6.07, 6.45) is 0.515. The van der Waals surface area contributed by atoms with Crippen LogP contribution in [0.15, 0.2) is 36.4 Å². The topological polar surface area (TPSA) is 56.0 Å². The molecule has 0 fully saturated rings. The maximum Gasteiger partial charge on any atom is 0.248 e. The number of nitrogens with two attached hydrogens (primary N) is 1. The minimum absolute atomic E-state index is 0.353. The van der Waals surface area contributed by atoms with Crippen molar-refractivity contribution in [2.24, 2.45) is 5.73 Å². The van der Waals surface area contributed by atoms with Gasteiger partial charge in [-0.05, 0) is 60.9 Å². The van der Waals surface area contributed by atoms with Crippen LogP contribution < -0.4 is 5.73 Å². The van der Waals surface area contributed by atoms with Gasteiger partial charge in [0, 0.05) is 17.0 Å². The zero-order valence-electron chi connectivity index (χ0n) is 13.8. The summed E-state index contributed by atoms with van der Waals surface area (Å²) in [5.41, 5.74) is 9.37. The highest BCUT2D eigenvalue weighted by atomic mass is 35.5. The summed E-state index contributed by atoms with van der Waals surface area (Å²) < 4.78 is 13.5. The number of hydrogen-bond donors (Lipinski definition) is 1. The Morgan fingerprint density at radius 3 is 2.64 bits per heavy atom. The highest BCUT2D eigenvalue weighted by Gasteiger charge is 2.13. The van der Waals surface area contributed by atoms with Crippen molar-refractivity contribution < 1.29 is 9.18 Å². The van der Waals surface area contributed by atoms with Gasteiger partial charge in [-0.25, -0.2) is 9.37 Å². The van der Waals surface area contributed by atoms with Gasteiger partial charge in [0.25, 0.3) is 0 Å². The number of aromatic nitrogens is 1. The molecule has 2 N–H and O–H groups in total. The van der Waals surface area contributed by atoms with E-state index in [2.05, 4.69) is 4.98 Å². The summed E-state index contributed by atoms with van der Waals surface area (Å²) in [6, 6.07) is 10.0. The summed E-state index contributed by atoms with van der Waals surface area (Å²) in [5, 5.41) is 1.26. The van der Waals surface area contributed by atoms with Crippen LogP contribution in [0.5, 0.6) is 0 Å². The van der Waals surface area contributed by atoms with Gasteiger partial charge in [0.05, 0.1) is 15.6 Å². The molecule has 1 aromatic heterocycles. The number of thiazole rings is 1. The Bertz CT molecular complexity index is 948. The molecule has 2 aromatic carbocycles. The van der Waals surface area contributed by atoms with Gasteiger partial charge in [0.2, 0.25) is 5.91 Å². The first kappa shape index (κ1) is 17.6. The lowest BCUT2D eigenvalue weighted by Crippen LogP contribution is -2.12. The van der Waals surface area contributed by atoms with Crippen LogP contribution in [0.2, 0.25) is 5.02 Å². The first-order valence-electron chi connectivity index (χ1n) is 7.65. The quantitative estimate of drug-likeness (QED) is 0.705. The first-order chi connectivity index (χ1) is 11.8. The predicted octanol–water partition coefficient (Wildman–Crippen LogP) is 4.91. The molecule has 0 unspecified atom stereocenters. The van der Waals surface area contributed by atoms with Crippen LogP contribution in [0.3, 0.4) is 0 Å². The number of rotatable bonds is 4. The summed E-state index contributed by atoms with van der Waals surface area (Å²) in [5.74, 6) is -0.789. The number of carbonyl (C=O) groups excluding carboxylic acids is 1. The number of primary amides is 1. The molecule has 3 nitrogen and oxygen atoms in total. The molecule has 0 radical (unpaired) electrons. The van der Waals surface area contributed by atoms with E-state index in [9.17, 15) is 9.18 Å². The lowest BCUT2D eigenvalue weighted by molar-refractivity contribution is 0.0999. The third-order valence-electron chi connectivity index (χ3n) is 3.87. The molecule has 6 heteroatoms. The molecule has 0 aliphatic carbocycles. The van der Waals surface area contributed by atoms with Gasteiger partial charge in [0.15, 0.2) is 0 Å². The highest BCUT2D eigenvalue weighted by molar-refractivity contribution is 7.15. The lowest BCUT2D eigenvalue weighted by Gasteiger charge is -2.05. The van der Waals surface area contributed by atoms with Crippen molar-refractivity contribution in [3.8, 4) is 10.4 Å². The fraction of sp³-hybridized carbons (Fsp3) is 0.158. The van der Waals surface area contributed by atoms with Crippen LogP contribution in [0.1, 0.15) is 32.2 Å². The standard InChI is InChI=1S/C19H16ClFN2OS/c1-10-5-13(3-4-16(10)19(22)24)18-11(2)23-17(25-18)8-12-6-14(20)9-15(21)7-12/h3-7,9H,8H2,1-2H3,(H2,22,24). The van der Waals surface area contributed by atoms with E-state index in [1.165, 1.54) is 12.1 Å². The molecule has 0 bridgehead atoms. The second-order valence-electron chi connectivity index (χ2n) is 5.87. The van der Waals surface area contributed by atoms with Gasteiger partial charge < -0.3 is 5.73 Å². The summed E-state index contributed by atoms with van der Waals surface area (Å²) >= 11 is 7.46. The largest absolute Gasteiger partial charge is 0.366 e. The van der Waals surface area contributed by atoms with E-state index >= 15 is 0 Å². The Labute approximate surface area is 154 Å². The van der Waals surface area contributed by atoms with Crippen molar-refractivity contribution in [3.63, 3.8) is 0 Å². The third-order valence-corrected chi connectivity index (χ3v) is 5.30. The zero-order chi connectivity index (χ0) is 18.1. The van der Waals surface area contributed by atoms with E-state index in [1.807, 2.05) is 26.0 Å². The number of amides is 1. The predicted molar refractivity (Wildman–Crippen MR) is 99.8 cm³/mol. The van der Waals surface area contributed by atoms with Gasteiger partial charge in [-0.3, -0.25) is 4.79 Å². The smallest absolute Gasteiger partial charge is 0.248 e. The summed E-state index contributed by atoms with van der Waals surface area (Å²) in [6.45, 7) is 3.79. The second-order valence-corrected chi connectivity index (χ2v) is 7.39. The zero-order valence-corrected chi connectivity index (χ0v) is 15.3. The van der Waals surface area contributed by atoms with Gasteiger partial charge in [-0.1, -0.05) is 17.7 Å². The average molecular weight is 375 g/mol. The first-order valence-corrected chi connectivity index (χ1v) is 8.85. The molecule has 1 heterocycles. The molecule has 25 heavy (non-hydrogen) atoms. The van der Waals surface area contributed by atoms with Gasteiger partial charge in [-0.2, -0.15) is 0 Å². The SMILES string of the molecule is Cc1cc(-c2sc(Cc3cc(F)cc(Cl)c3)nc2C)ccc1C(N)=O. The van der Waals surface area contributed by atoms with Crippen molar-refractivity contribution in [3.05, 3.63) is 74.6 Å². The summed E-state index contributed by atoms with van der Waals surface area (Å²) in [7, 11) is 0. The van der Waals surface area contributed by atoms with Crippen LogP contribution in [0.4, 0.5) is 4.39 Å². The van der Waals surface area contributed by atoms with Crippen LogP contribution >= 0.6 is 22.9 Å². The highest BCUT2D eigenvalue weighted by Crippen LogP contribution is 2.32. The van der Waals surface area contributed by atoms with E-state index in [0.717, 1.165) is 32.3 Å². The van der Waals surface area contributed by atoms with Crippen molar-refractivity contribution in [2.75, 3.05) is 0 Å². The fourth-order valence-electron chi connectivity index (χ4n) is 2.76. The molecule has 0 aliphatic rings. The van der Waals surface area contributed by atoms with Crippen LogP contribution in [0.25, 0.3) is 10.4 Å². The van der Waals surface area contributed by atoms with Gasteiger partial charge in [-0.15, -0.1) is 11.3 Å². The summed E-state index contributed by atoms with van der Waals surface area (Å²) in [4.78, 5) is 17.0. The van der Waals surface area contributed by atoms with Crippen molar-refractivity contribution in [1.82, 2.24) is 4.98 Å². The van der Waals surface area contributed by atoms with Crippen molar-refractivity contribution in [2.45, 2.75) is 20.3 Å². The van der Waals surface area contributed by atoms with Crippen molar-refractivity contribution in [1.29, 1.82) is 0 Å². The van der Waals surface area contributed by atoms with E-state index < -0.39 is 5.91 Å². The van der Waals surface area contributed by atoms with E-state index in [1.54, 1.807) is 23.5 Å². The Morgan fingerprint density at radius 2 is 2.00 bits per heavy atom. The second kappa shape index (κ2) is 6.94. The molecule has 0 saturated heterocycles. The molecule has 1 amide bonds. The third kappa shape index (κ3) is 3.89. The molecule has 0 atom stereocenters. The molecule has 3 rings (SSSR count). The Balaban J connectivity index is 1.92.